The Labute approximate surface area is 90.8 Å². The van der Waals surface area contributed by atoms with Gasteiger partial charge in [0.15, 0.2) is 0 Å². The monoisotopic (exact) mass is 200 g/mol. The highest BCUT2D eigenvalue weighted by Gasteiger charge is 2.45. The summed E-state index contributed by atoms with van der Waals surface area (Å²) in [5.74, 6) is 0.912. The van der Waals surface area contributed by atoms with Crippen molar-refractivity contribution in [2.75, 3.05) is 6.61 Å². The van der Waals surface area contributed by atoms with Crippen LogP contribution in [0.15, 0.2) is 48.6 Å². The summed E-state index contributed by atoms with van der Waals surface area (Å²) in [5, 5.41) is 0. The Morgan fingerprint density at radius 1 is 0.867 bits per heavy atom. The molecule has 15 heavy (non-hydrogen) atoms. The second-order valence-corrected chi connectivity index (χ2v) is 4.50. The maximum atomic E-state index is 6.10. The van der Waals surface area contributed by atoms with Crippen LogP contribution in [0.1, 0.15) is 12.8 Å². The molecule has 3 rings (SSSR count). The zero-order valence-electron chi connectivity index (χ0n) is 8.80. The molecule has 0 amide bonds. The van der Waals surface area contributed by atoms with E-state index < -0.39 is 0 Å². The number of hydrogen-bond donors (Lipinski definition) is 0. The topological polar surface area (TPSA) is 9.23 Å². The summed E-state index contributed by atoms with van der Waals surface area (Å²) in [6.45, 7) is 0.913. The number of hydrogen-bond acceptors (Lipinski definition) is 1. The summed E-state index contributed by atoms with van der Waals surface area (Å²) >= 11 is 0. The fraction of sp³-hybridized carbons (Fsp3) is 0.429. The van der Waals surface area contributed by atoms with E-state index in [1.807, 2.05) is 0 Å². The molecule has 0 aromatic carbocycles. The van der Waals surface area contributed by atoms with E-state index >= 15 is 0 Å². The molecular formula is C14H16O. The van der Waals surface area contributed by atoms with Crippen molar-refractivity contribution >= 4 is 0 Å². The lowest BCUT2D eigenvalue weighted by Crippen LogP contribution is -2.41. The predicted octanol–water partition coefficient (Wildman–Crippen LogP) is 3.02. The first kappa shape index (κ1) is 9.17. The van der Waals surface area contributed by atoms with Gasteiger partial charge in [-0.05, 0) is 12.8 Å². The van der Waals surface area contributed by atoms with Crippen molar-refractivity contribution < 1.29 is 4.74 Å². The third-order valence-electron chi connectivity index (χ3n) is 3.71. The van der Waals surface area contributed by atoms with E-state index in [9.17, 15) is 0 Å². The highest BCUT2D eigenvalue weighted by molar-refractivity contribution is 5.30. The van der Waals surface area contributed by atoms with Crippen molar-refractivity contribution in [3.63, 3.8) is 0 Å². The van der Waals surface area contributed by atoms with Gasteiger partial charge in [0.1, 0.15) is 0 Å². The second-order valence-electron chi connectivity index (χ2n) is 4.50. The van der Waals surface area contributed by atoms with E-state index in [-0.39, 0.29) is 5.60 Å². The lowest BCUT2D eigenvalue weighted by molar-refractivity contribution is -0.0353. The first-order valence-corrected chi connectivity index (χ1v) is 5.76. The first-order chi connectivity index (χ1) is 7.42. The van der Waals surface area contributed by atoms with E-state index in [2.05, 4.69) is 48.6 Å². The van der Waals surface area contributed by atoms with Gasteiger partial charge in [0.25, 0.3) is 0 Å². The second kappa shape index (κ2) is 3.49. The molecule has 0 bridgehead atoms. The van der Waals surface area contributed by atoms with Gasteiger partial charge in [-0.3, -0.25) is 0 Å². The standard InChI is InChI=1S/C14H16O/c1-2-7-12(6-1)14(10-5-11-15-14)13-8-3-4-9-13/h1-4,6-9,12-13H,5,10-11H2. The molecule has 0 aromatic heterocycles. The maximum absolute atomic E-state index is 6.10. The van der Waals surface area contributed by atoms with Gasteiger partial charge in [0.05, 0.1) is 5.60 Å². The molecule has 1 heterocycles. The van der Waals surface area contributed by atoms with Gasteiger partial charge in [0.2, 0.25) is 0 Å². The Bertz CT molecular complexity index is 300. The van der Waals surface area contributed by atoms with Crippen LogP contribution in [-0.2, 0) is 4.74 Å². The van der Waals surface area contributed by atoms with Crippen molar-refractivity contribution in [1.82, 2.24) is 0 Å². The third-order valence-corrected chi connectivity index (χ3v) is 3.71. The molecule has 78 valence electrons. The number of allylic oxidation sites excluding steroid dienone is 4. The normalized spacial score (nSPS) is 28.5. The SMILES string of the molecule is C1=CC(C2(C3C=CC=C3)CCCO2)C=C1. The highest BCUT2D eigenvalue weighted by atomic mass is 16.5. The van der Waals surface area contributed by atoms with Crippen LogP contribution in [0, 0.1) is 11.8 Å². The van der Waals surface area contributed by atoms with Crippen molar-refractivity contribution in [1.29, 1.82) is 0 Å². The summed E-state index contributed by atoms with van der Waals surface area (Å²) in [6, 6.07) is 0. The Morgan fingerprint density at radius 3 is 1.80 bits per heavy atom. The fourth-order valence-corrected chi connectivity index (χ4v) is 2.95. The molecule has 1 fully saturated rings. The molecule has 2 aliphatic carbocycles. The zero-order chi connectivity index (χ0) is 10.1. The maximum Gasteiger partial charge on any atom is 0.0877 e. The van der Waals surface area contributed by atoms with Gasteiger partial charge >= 0.3 is 0 Å². The summed E-state index contributed by atoms with van der Waals surface area (Å²) in [7, 11) is 0. The molecule has 0 aromatic rings. The van der Waals surface area contributed by atoms with Crippen LogP contribution >= 0.6 is 0 Å². The minimum absolute atomic E-state index is 0.00694. The van der Waals surface area contributed by atoms with Crippen LogP contribution < -0.4 is 0 Å². The molecule has 0 unspecified atom stereocenters. The molecule has 3 aliphatic rings. The lowest BCUT2D eigenvalue weighted by atomic mass is 9.76. The molecule has 1 nitrogen and oxygen atoms in total. The molecule has 0 spiro atoms. The van der Waals surface area contributed by atoms with Gasteiger partial charge < -0.3 is 4.74 Å². The van der Waals surface area contributed by atoms with Crippen molar-refractivity contribution in [3.05, 3.63) is 48.6 Å². The van der Waals surface area contributed by atoms with E-state index in [0.717, 1.165) is 6.61 Å². The zero-order valence-corrected chi connectivity index (χ0v) is 8.80. The average Bonchev–Trinajstić information content (AvgIpc) is 3.02. The molecule has 1 aliphatic heterocycles. The van der Waals surface area contributed by atoms with E-state index in [0.29, 0.717) is 11.8 Å². The van der Waals surface area contributed by atoms with Crippen molar-refractivity contribution in [3.8, 4) is 0 Å². The molecule has 1 heteroatoms. The van der Waals surface area contributed by atoms with Gasteiger partial charge in [-0.1, -0.05) is 48.6 Å². The smallest absolute Gasteiger partial charge is 0.0877 e. The number of rotatable bonds is 2. The van der Waals surface area contributed by atoms with E-state index in [1.54, 1.807) is 0 Å². The minimum Gasteiger partial charge on any atom is -0.373 e. The van der Waals surface area contributed by atoms with Crippen LogP contribution in [0.3, 0.4) is 0 Å². The van der Waals surface area contributed by atoms with Gasteiger partial charge in [-0.15, -0.1) is 0 Å². The van der Waals surface area contributed by atoms with Crippen LogP contribution in [0.25, 0.3) is 0 Å². The molecule has 0 N–H and O–H groups in total. The summed E-state index contributed by atoms with van der Waals surface area (Å²) in [5.41, 5.74) is 0.00694. The molecule has 1 saturated heterocycles. The Kier molecular flexibility index (Phi) is 2.14. The Balaban J connectivity index is 1.94. The number of ether oxygens (including phenoxy) is 1. The first-order valence-electron chi connectivity index (χ1n) is 5.76. The van der Waals surface area contributed by atoms with Gasteiger partial charge in [-0.2, -0.15) is 0 Å². The molecule has 0 radical (unpaired) electrons. The highest BCUT2D eigenvalue weighted by Crippen LogP contribution is 2.44. The average molecular weight is 200 g/mol. The van der Waals surface area contributed by atoms with Gasteiger partial charge in [0, 0.05) is 18.4 Å². The van der Waals surface area contributed by atoms with Crippen molar-refractivity contribution in [2.24, 2.45) is 11.8 Å². The molecular weight excluding hydrogens is 184 g/mol. The predicted molar refractivity (Wildman–Crippen MR) is 61.5 cm³/mol. The van der Waals surface area contributed by atoms with E-state index in [1.165, 1.54) is 12.8 Å². The largest absolute Gasteiger partial charge is 0.373 e. The van der Waals surface area contributed by atoms with Crippen LogP contribution in [-0.4, -0.2) is 12.2 Å². The van der Waals surface area contributed by atoms with Crippen LogP contribution in [0.5, 0.6) is 0 Å². The minimum atomic E-state index is 0.00694. The lowest BCUT2D eigenvalue weighted by Gasteiger charge is -2.36. The Hall–Kier alpha value is -1.08. The quantitative estimate of drug-likeness (QED) is 0.665. The molecule has 0 saturated carbocycles. The molecule has 0 atom stereocenters. The van der Waals surface area contributed by atoms with Crippen LogP contribution in [0.2, 0.25) is 0 Å². The van der Waals surface area contributed by atoms with Crippen LogP contribution in [0.4, 0.5) is 0 Å². The van der Waals surface area contributed by atoms with Gasteiger partial charge in [-0.25, -0.2) is 0 Å². The summed E-state index contributed by atoms with van der Waals surface area (Å²) in [4.78, 5) is 0. The van der Waals surface area contributed by atoms with E-state index in [4.69, 9.17) is 4.74 Å². The Morgan fingerprint density at radius 2 is 1.40 bits per heavy atom. The fourth-order valence-electron chi connectivity index (χ4n) is 2.95. The van der Waals surface area contributed by atoms with Crippen molar-refractivity contribution in [2.45, 2.75) is 18.4 Å². The third kappa shape index (κ3) is 1.34. The summed E-state index contributed by atoms with van der Waals surface area (Å²) in [6.07, 6.45) is 20.0. The summed E-state index contributed by atoms with van der Waals surface area (Å²) < 4.78 is 6.10.